The first kappa shape index (κ1) is 9.22. The molecule has 0 saturated carbocycles. The van der Waals surface area contributed by atoms with Gasteiger partial charge in [0.2, 0.25) is 0 Å². The SMILES string of the molecule is C=C(C)C=CCC(=C)CC. The van der Waals surface area contributed by atoms with Gasteiger partial charge in [-0.25, -0.2) is 0 Å². The Labute approximate surface area is 64.0 Å². The minimum Gasteiger partial charge on any atom is -0.0996 e. The van der Waals surface area contributed by atoms with Crippen molar-refractivity contribution in [3.05, 3.63) is 36.5 Å². The highest BCUT2D eigenvalue weighted by Gasteiger charge is 1.83. The maximum atomic E-state index is 3.89. The van der Waals surface area contributed by atoms with E-state index in [1.807, 2.05) is 13.0 Å². The largest absolute Gasteiger partial charge is 0.0996 e. The smallest absolute Gasteiger partial charge is 0.0138 e. The summed E-state index contributed by atoms with van der Waals surface area (Å²) < 4.78 is 0. The lowest BCUT2D eigenvalue weighted by molar-refractivity contribution is 1.04. The van der Waals surface area contributed by atoms with Gasteiger partial charge in [0.15, 0.2) is 0 Å². The molecule has 0 rings (SSSR count). The lowest BCUT2D eigenvalue weighted by Gasteiger charge is -1.93. The third-order valence-corrected chi connectivity index (χ3v) is 1.31. The van der Waals surface area contributed by atoms with E-state index in [-0.39, 0.29) is 0 Å². The molecule has 0 nitrogen and oxygen atoms in total. The lowest BCUT2D eigenvalue weighted by atomic mass is 10.1. The maximum absolute atomic E-state index is 3.89. The van der Waals surface area contributed by atoms with Gasteiger partial charge in [-0.3, -0.25) is 0 Å². The van der Waals surface area contributed by atoms with Crippen LogP contribution in [0, 0.1) is 0 Å². The van der Waals surface area contributed by atoms with E-state index in [1.165, 1.54) is 5.57 Å². The molecule has 0 fully saturated rings. The van der Waals surface area contributed by atoms with E-state index < -0.39 is 0 Å². The first-order valence-corrected chi connectivity index (χ1v) is 3.65. The minimum absolute atomic E-state index is 0.989. The van der Waals surface area contributed by atoms with Crippen LogP contribution in [0.25, 0.3) is 0 Å². The Hall–Kier alpha value is -0.780. The van der Waals surface area contributed by atoms with Crippen LogP contribution in [-0.2, 0) is 0 Å². The van der Waals surface area contributed by atoms with E-state index in [0.717, 1.165) is 18.4 Å². The molecule has 0 aliphatic heterocycles. The fourth-order valence-corrected chi connectivity index (χ4v) is 0.571. The highest BCUT2D eigenvalue weighted by Crippen LogP contribution is 2.04. The van der Waals surface area contributed by atoms with E-state index >= 15 is 0 Å². The van der Waals surface area contributed by atoms with Gasteiger partial charge in [0, 0.05) is 0 Å². The molecule has 0 saturated heterocycles. The number of hydrogen-bond acceptors (Lipinski definition) is 0. The molecule has 0 aromatic rings. The molecule has 0 aliphatic carbocycles. The predicted molar refractivity (Wildman–Crippen MR) is 48.0 cm³/mol. The van der Waals surface area contributed by atoms with Crippen LogP contribution in [0.5, 0.6) is 0 Å². The van der Waals surface area contributed by atoms with Crippen molar-refractivity contribution < 1.29 is 0 Å². The monoisotopic (exact) mass is 136 g/mol. The molecule has 0 radical (unpaired) electrons. The van der Waals surface area contributed by atoms with E-state index in [1.54, 1.807) is 0 Å². The molecule has 0 N–H and O–H groups in total. The normalized spacial score (nSPS) is 10.2. The molecular weight excluding hydrogens is 120 g/mol. The zero-order chi connectivity index (χ0) is 7.98. The Morgan fingerprint density at radius 3 is 2.40 bits per heavy atom. The topological polar surface area (TPSA) is 0 Å². The molecular formula is C10H16. The molecule has 0 amide bonds. The van der Waals surface area contributed by atoms with E-state index in [9.17, 15) is 0 Å². The summed E-state index contributed by atoms with van der Waals surface area (Å²) in [4.78, 5) is 0. The molecule has 0 heteroatoms. The van der Waals surface area contributed by atoms with Gasteiger partial charge in [-0.1, -0.05) is 43.4 Å². The second-order valence-electron chi connectivity index (χ2n) is 2.56. The van der Waals surface area contributed by atoms with Gasteiger partial charge in [0.05, 0.1) is 0 Å². The standard InChI is InChI=1S/C10H16/c1-5-10(4)8-6-7-9(2)3/h6-7H,2,4-5,8H2,1,3H3. The quantitative estimate of drug-likeness (QED) is 0.410. The molecule has 0 aromatic carbocycles. The fraction of sp³-hybridized carbons (Fsp3) is 0.400. The summed E-state index contributed by atoms with van der Waals surface area (Å²) in [5.41, 5.74) is 2.38. The van der Waals surface area contributed by atoms with Crippen molar-refractivity contribution in [1.29, 1.82) is 0 Å². The minimum atomic E-state index is 0.989. The van der Waals surface area contributed by atoms with Gasteiger partial charge < -0.3 is 0 Å². The summed E-state index contributed by atoms with van der Waals surface area (Å²) in [5, 5.41) is 0. The lowest BCUT2D eigenvalue weighted by Crippen LogP contribution is -1.73. The van der Waals surface area contributed by atoms with Crippen LogP contribution in [0.3, 0.4) is 0 Å². The Morgan fingerprint density at radius 2 is 2.00 bits per heavy atom. The Morgan fingerprint density at radius 1 is 1.40 bits per heavy atom. The van der Waals surface area contributed by atoms with E-state index in [4.69, 9.17) is 0 Å². The second kappa shape index (κ2) is 5.04. The molecule has 0 atom stereocenters. The Bertz CT molecular complexity index is 149. The van der Waals surface area contributed by atoms with Crippen molar-refractivity contribution >= 4 is 0 Å². The van der Waals surface area contributed by atoms with Gasteiger partial charge in [-0.15, -0.1) is 0 Å². The molecule has 0 heterocycles. The van der Waals surface area contributed by atoms with Crippen molar-refractivity contribution in [3.63, 3.8) is 0 Å². The molecule has 0 bridgehead atoms. The van der Waals surface area contributed by atoms with E-state index in [0.29, 0.717) is 0 Å². The average Bonchev–Trinajstić information content (AvgIpc) is 1.87. The van der Waals surface area contributed by atoms with Crippen LogP contribution in [0.2, 0.25) is 0 Å². The first-order valence-electron chi connectivity index (χ1n) is 3.65. The third-order valence-electron chi connectivity index (χ3n) is 1.31. The van der Waals surface area contributed by atoms with Crippen molar-refractivity contribution in [3.8, 4) is 0 Å². The maximum Gasteiger partial charge on any atom is -0.0138 e. The summed E-state index contributed by atoms with van der Waals surface area (Å²) in [6, 6.07) is 0. The Balaban J connectivity index is 3.53. The number of hydrogen-bond donors (Lipinski definition) is 0. The van der Waals surface area contributed by atoms with Crippen LogP contribution < -0.4 is 0 Å². The van der Waals surface area contributed by atoms with Gasteiger partial charge in [0.1, 0.15) is 0 Å². The number of rotatable bonds is 4. The van der Waals surface area contributed by atoms with Crippen molar-refractivity contribution in [2.24, 2.45) is 0 Å². The Kier molecular flexibility index (Phi) is 4.65. The highest BCUT2D eigenvalue weighted by molar-refractivity contribution is 5.13. The van der Waals surface area contributed by atoms with Crippen LogP contribution >= 0.6 is 0 Å². The van der Waals surface area contributed by atoms with Crippen LogP contribution in [0.15, 0.2) is 36.5 Å². The summed E-state index contributed by atoms with van der Waals surface area (Å²) >= 11 is 0. The summed E-state index contributed by atoms with van der Waals surface area (Å²) in [6.45, 7) is 11.8. The zero-order valence-electron chi connectivity index (χ0n) is 6.98. The average molecular weight is 136 g/mol. The summed E-state index contributed by atoms with van der Waals surface area (Å²) in [7, 11) is 0. The molecule has 0 aromatic heterocycles. The number of allylic oxidation sites excluding steroid dienone is 4. The first-order chi connectivity index (χ1) is 4.66. The molecule has 0 aliphatic rings. The second-order valence-corrected chi connectivity index (χ2v) is 2.56. The summed E-state index contributed by atoms with van der Waals surface area (Å²) in [6.07, 6.45) is 6.19. The molecule has 0 unspecified atom stereocenters. The van der Waals surface area contributed by atoms with E-state index in [2.05, 4.69) is 26.2 Å². The van der Waals surface area contributed by atoms with Crippen molar-refractivity contribution in [1.82, 2.24) is 0 Å². The highest BCUT2D eigenvalue weighted by atomic mass is 13.9. The van der Waals surface area contributed by atoms with Gasteiger partial charge in [-0.05, 0) is 19.8 Å². The zero-order valence-corrected chi connectivity index (χ0v) is 6.98. The summed E-state index contributed by atoms with van der Waals surface area (Å²) in [5.74, 6) is 0. The van der Waals surface area contributed by atoms with Crippen molar-refractivity contribution in [2.75, 3.05) is 0 Å². The third kappa shape index (κ3) is 5.36. The van der Waals surface area contributed by atoms with Crippen LogP contribution in [-0.4, -0.2) is 0 Å². The van der Waals surface area contributed by atoms with Crippen molar-refractivity contribution in [2.45, 2.75) is 26.7 Å². The van der Waals surface area contributed by atoms with Gasteiger partial charge >= 0.3 is 0 Å². The van der Waals surface area contributed by atoms with Crippen LogP contribution in [0.1, 0.15) is 26.7 Å². The fourth-order valence-electron chi connectivity index (χ4n) is 0.571. The van der Waals surface area contributed by atoms with Crippen LogP contribution in [0.4, 0.5) is 0 Å². The van der Waals surface area contributed by atoms with Gasteiger partial charge in [0.25, 0.3) is 0 Å². The predicted octanol–water partition coefficient (Wildman–Crippen LogP) is 3.48. The molecule has 0 spiro atoms. The molecule has 10 heavy (non-hydrogen) atoms. The molecule has 56 valence electrons. The van der Waals surface area contributed by atoms with Gasteiger partial charge in [-0.2, -0.15) is 0 Å².